The first-order chi connectivity index (χ1) is 19.8. The van der Waals surface area contributed by atoms with Gasteiger partial charge in [0.2, 0.25) is 0 Å². The maximum Gasteiger partial charge on any atom is 0.311 e. The predicted octanol–water partition coefficient (Wildman–Crippen LogP) is 6.23. The van der Waals surface area contributed by atoms with Crippen molar-refractivity contribution in [3.8, 4) is 0 Å². The molecule has 0 aliphatic carbocycles. The van der Waals surface area contributed by atoms with E-state index in [0.717, 1.165) is 54.6 Å². The molecule has 4 rings (SSSR count). The number of halogens is 2. The van der Waals surface area contributed by atoms with Gasteiger partial charge in [0.25, 0.3) is 0 Å². The molecule has 2 atom stereocenters. The van der Waals surface area contributed by atoms with E-state index in [1.807, 2.05) is 88.4 Å². The monoisotopic (exact) mass is 588 g/mol. The maximum absolute atomic E-state index is 6.17. The van der Waals surface area contributed by atoms with Crippen molar-refractivity contribution in [1.82, 2.24) is 0 Å². The van der Waals surface area contributed by atoms with Gasteiger partial charge in [-0.15, -0.1) is 0 Å². The van der Waals surface area contributed by atoms with Crippen LogP contribution in [-0.2, 0) is 27.3 Å². The zero-order valence-electron chi connectivity index (χ0n) is 24.0. The first-order valence-corrected chi connectivity index (χ1v) is 14.5. The van der Waals surface area contributed by atoms with Crippen LogP contribution in [0.1, 0.15) is 36.1 Å². The van der Waals surface area contributed by atoms with Crippen LogP contribution >= 0.6 is 23.2 Å². The van der Waals surface area contributed by atoms with Gasteiger partial charge in [0, 0.05) is 21.4 Å². The number of benzene rings is 4. The van der Waals surface area contributed by atoms with Crippen LogP contribution in [0.3, 0.4) is 0 Å². The van der Waals surface area contributed by atoms with Gasteiger partial charge in [-0.25, -0.2) is 0 Å². The number of rotatable bonds is 14. The van der Waals surface area contributed by atoms with E-state index in [1.54, 1.807) is 0 Å². The van der Waals surface area contributed by atoms with E-state index < -0.39 is 0 Å². The van der Waals surface area contributed by atoms with Gasteiger partial charge in [-0.05, 0) is 97.3 Å². The van der Waals surface area contributed by atoms with E-state index >= 15 is 0 Å². The van der Waals surface area contributed by atoms with Gasteiger partial charge in [-0.3, -0.25) is 0 Å². The number of aryl methyl sites for hydroxylation is 2. The van der Waals surface area contributed by atoms with Crippen molar-refractivity contribution in [2.75, 3.05) is 10.6 Å². The number of nitrogens with one attached hydrogen (secondary N) is 2. The molecule has 0 aliphatic rings. The minimum atomic E-state index is -0.169. The molecule has 4 aromatic carbocycles. The summed E-state index contributed by atoms with van der Waals surface area (Å²) in [5, 5.41) is 8.26. The standard InChI is InChI=1S/C32H36B2Cl2N2O3/c1-21-17-27(13-15-31(21)35)37-23(3)40-33-29-11-7-5-9-25(29)19-39-20-26-10-6-8-12-30(26)34-41-24(4)38-28-14-16-32(36)22(2)18-28/h5-18,23-24,33-34,37-38H,19-20H2,1-4H3. The summed E-state index contributed by atoms with van der Waals surface area (Å²) in [6, 6.07) is 28.2. The van der Waals surface area contributed by atoms with Crippen LogP contribution in [-0.4, -0.2) is 27.4 Å². The fourth-order valence-corrected chi connectivity index (χ4v) is 4.64. The Labute approximate surface area is 255 Å². The Bertz CT molecular complexity index is 1330. The zero-order chi connectivity index (χ0) is 29.2. The van der Waals surface area contributed by atoms with Crippen LogP contribution < -0.4 is 21.6 Å². The van der Waals surface area contributed by atoms with E-state index in [-0.39, 0.29) is 12.5 Å². The van der Waals surface area contributed by atoms with Crippen molar-refractivity contribution in [1.29, 1.82) is 0 Å². The Morgan fingerprint density at radius 3 is 1.46 bits per heavy atom. The largest absolute Gasteiger partial charge is 0.416 e. The van der Waals surface area contributed by atoms with E-state index in [1.165, 1.54) is 0 Å². The molecule has 0 aliphatic heterocycles. The highest BCUT2D eigenvalue weighted by Crippen LogP contribution is 2.21. The third-order valence-corrected chi connectivity index (χ3v) is 7.63. The van der Waals surface area contributed by atoms with Crippen molar-refractivity contribution in [3.05, 3.63) is 117 Å². The van der Waals surface area contributed by atoms with Gasteiger partial charge >= 0.3 is 15.0 Å². The van der Waals surface area contributed by atoms with Crippen LogP contribution in [0.15, 0.2) is 84.9 Å². The highest BCUT2D eigenvalue weighted by Gasteiger charge is 2.11. The predicted molar refractivity (Wildman–Crippen MR) is 176 cm³/mol. The first kappa shape index (κ1) is 31.0. The van der Waals surface area contributed by atoms with Gasteiger partial charge in [-0.2, -0.15) is 0 Å². The molecular formula is C32H36B2Cl2N2O3. The second-order valence-corrected chi connectivity index (χ2v) is 11.0. The van der Waals surface area contributed by atoms with Crippen molar-refractivity contribution in [3.63, 3.8) is 0 Å². The van der Waals surface area contributed by atoms with E-state index in [2.05, 4.69) is 34.9 Å². The fourth-order valence-electron chi connectivity index (χ4n) is 4.40. The Hall–Kier alpha value is -2.93. The summed E-state index contributed by atoms with van der Waals surface area (Å²) < 4.78 is 18.4. The summed E-state index contributed by atoms with van der Waals surface area (Å²) in [6.07, 6.45) is -0.339. The smallest absolute Gasteiger partial charge is 0.311 e. The summed E-state index contributed by atoms with van der Waals surface area (Å²) in [5.74, 6) is 0. The molecule has 212 valence electrons. The highest BCUT2D eigenvalue weighted by molar-refractivity contribution is 6.48. The van der Waals surface area contributed by atoms with Crippen LogP contribution in [0.2, 0.25) is 10.0 Å². The average Bonchev–Trinajstić information content (AvgIpc) is 2.96. The van der Waals surface area contributed by atoms with E-state index in [0.29, 0.717) is 28.2 Å². The minimum Gasteiger partial charge on any atom is -0.416 e. The molecule has 0 fully saturated rings. The topological polar surface area (TPSA) is 51.8 Å². The second kappa shape index (κ2) is 15.3. The normalized spacial score (nSPS) is 12.4. The van der Waals surface area contributed by atoms with E-state index in [4.69, 9.17) is 37.2 Å². The van der Waals surface area contributed by atoms with Crippen molar-refractivity contribution in [2.24, 2.45) is 0 Å². The SMILES string of the molecule is Cc1cc(NC(C)OBc2ccccc2COCc2ccccc2BOC(C)Nc2ccc(Cl)c(C)c2)ccc1Cl. The van der Waals surface area contributed by atoms with Crippen LogP contribution in [0.25, 0.3) is 0 Å². The van der Waals surface area contributed by atoms with Gasteiger partial charge in [0.15, 0.2) is 0 Å². The number of hydrogen-bond donors (Lipinski definition) is 2. The molecule has 0 bridgehead atoms. The molecule has 2 unspecified atom stereocenters. The molecule has 5 nitrogen and oxygen atoms in total. The molecule has 0 amide bonds. The number of ether oxygens (including phenoxy) is 1. The second-order valence-electron chi connectivity index (χ2n) is 10.2. The summed E-state index contributed by atoms with van der Waals surface area (Å²) in [7, 11) is 0.950. The number of hydrogen-bond acceptors (Lipinski definition) is 5. The molecule has 0 heterocycles. The molecule has 0 saturated carbocycles. The summed E-state index contributed by atoms with van der Waals surface area (Å²) in [4.78, 5) is 0. The van der Waals surface area contributed by atoms with Crippen molar-refractivity contribution >= 4 is 60.5 Å². The first-order valence-electron chi connectivity index (χ1n) is 13.8. The van der Waals surface area contributed by atoms with E-state index in [9.17, 15) is 0 Å². The summed E-state index contributed by atoms with van der Waals surface area (Å²) >= 11 is 12.3. The molecule has 9 heteroatoms. The summed E-state index contributed by atoms with van der Waals surface area (Å²) in [6.45, 7) is 8.94. The molecule has 0 aromatic heterocycles. The molecular weight excluding hydrogens is 553 g/mol. The Balaban J connectivity index is 1.27. The van der Waals surface area contributed by atoms with Gasteiger partial charge < -0.3 is 24.7 Å². The lowest BCUT2D eigenvalue weighted by Crippen LogP contribution is -2.30. The zero-order valence-corrected chi connectivity index (χ0v) is 25.6. The van der Waals surface area contributed by atoms with Gasteiger partial charge in [0.1, 0.15) is 12.5 Å². The fraction of sp³-hybridized carbons (Fsp3) is 0.250. The molecule has 0 saturated heterocycles. The van der Waals surface area contributed by atoms with Crippen LogP contribution in [0.4, 0.5) is 11.4 Å². The Morgan fingerprint density at radius 2 is 1.05 bits per heavy atom. The lowest BCUT2D eigenvalue weighted by atomic mass is 9.83. The quantitative estimate of drug-likeness (QED) is 0.135. The Kier molecular flexibility index (Phi) is 11.6. The number of anilines is 2. The maximum atomic E-state index is 6.17. The third kappa shape index (κ3) is 9.56. The molecule has 41 heavy (non-hydrogen) atoms. The molecule has 0 radical (unpaired) electrons. The minimum absolute atomic E-state index is 0.169. The van der Waals surface area contributed by atoms with Crippen LogP contribution in [0, 0.1) is 13.8 Å². The van der Waals surface area contributed by atoms with Crippen LogP contribution in [0.5, 0.6) is 0 Å². The molecule has 0 spiro atoms. The lowest BCUT2D eigenvalue weighted by Gasteiger charge is -2.18. The van der Waals surface area contributed by atoms with Crippen molar-refractivity contribution in [2.45, 2.75) is 53.4 Å². The average molecular weight is 589 g/mol. The van der Waals surface area contributed by atoms with Gasteiger partial charge in [0.05, 0.1) is 13.2 Å². The highest BCUT2D eigenvalue weighted by atomic mass is 35.5. The third-order valence-electron chi connectivity index (χ3n) is 6.79. The molecule has 4 aromatic rings. The van der Waals surface area contributed by atoms with Gasteiger partial charge in [-0.1, -0.05) is 71.7 Å². The lowest BCUT2D eigenvalue weighted by molar-refractivity contribution is 0.108. The molecule has 2 N–H and O–H groups in total. The Morgan fingerprint density at radius 1 is 0.634 bits per heavy atom. The summed E-state index contributed by atoms with van der Waals surface area (Å²) in [5.41, 5.74) is 8.41. The van der Waals surface area contributed by atoms with Crippen molar-refractivity contribution < 1.29 is 14.0 Å².